The number of imidazole rings is 1. The first-order chi connectivity index (χ1) is 14.0. The summed E-state index contributed by atoms with van der Waals surface area (Å²) in [4.78, 5) is 34.3. The Morgan fingerprint density at radius 2 is 1.93 bits per heavy atom. The summed E-state index contributed by atoms with van der Waals surface area (Å²) in [6, 6.07) is 8.51. The third-order valence-corrected chi connectivity index (χ3v) is 5.23. The van der Waals surface area contributed by atoms with Crippen molar-refractivity contribution in [3.05, 3.63) is 52.4 Å². The number of anilines is 1. The van der Waals surface area contributed by atoms with Crippen molar-refractivity contribution < 1.29 is 9.59 Å². The van der Waals surface area contributed by atoms with Crippen molar-refractivity contribution in [3.63, 3.8) is 0 Å². The fourth-order valence-corrected chi connectivity index (χ4v) is 3.71. The van der Waals surface area contributed by atoms with Crippen molar-refractivity contribution >= 4 is 40.3 Å². The Kier molecular flexibility index (Phi) is 5.49. The average Bonchev–Trinajstić information content (AvgIpc) is 2.88. The minimum Gasteiger partial charge on any atom is -0.343 e. The molecule has 3 heterocycles. The van der Waals surface area contributed by atoms with Gasteiger partial charge in [-0.05, 0) is 50.1 Å². The maximum atomic E-state index is 12.8. The number of nitrogens with zero attached hydrogens (tertiary/aromatic N) is 3. The second-order valence-corrected chi connectivity index (χ2v) is 7.65. The monoisotopic (exact) mass is 411 g/mol. The molecule has 0 radical (unpaired) electrons. The van der Waals surface area contributed by atoms with E-state index in [1.165, 1.54) is 6.42 Å². The number of amides is 2. The van der Waals surface area contributed by atoms with Gasteiger partial charge in [0.15, 0.2) is 5.65 Å². The molecule has 1 aromatic carbocycles. The molecule has 8 heteroatoms. The molecule has 0 unspecified atom stereocenters. The van der Waals surface area contributed by atoms with Crippen LogP contribution in [0.2, 0.25) is 5.02 Å². The molecule has 2 N–H and O–H groups in total. The van der Waals surface area contributed by atoms with Gasteiger partial charge in [0.1, 0.15) is 11.3 Å². The van der Waals surface area contributed by atoms with E-state index in [1.807, 2.05) is 6.92 Å². The lowest BCUT2D eigenvalue weighted by Crippen LogP contribution is -2.33. The van der Waals surface area contributed by atoms with Crippen molar-refractivity contribution in [2.24, 2.45) is 0 Å². The summed E-state index contributed by atoms with van der Waals surface area (Å²) in [5, 5.41) is 6.00. The topological polar surface area (TPSA) is 88.9 Å². The van der Waals surface area contributed by atoms with Crippen molar-refractivity contribution in [1.29, 1.82) is 0 Å². The van der Waals surface area contributed by atoms with Crippen LogP contribution in [0.4, 0.5) is 5.69 Å². The highest BCUT2D eigenvalue weighted by atomic mass is 35.5. The number of fused-ring (bicyclic) bond motifs is 3. The Labute approximate surface area is 173 Å². The highest BCUT2D eigenvalue weighted by Gasteiger charge is 2.21. The molecule has 29 heavy (non-hydrogen) atoms. The summed E-state index contributed by atoms with van der Waals surface area (Å²) in [6.45, 7) is 2.59. The molecule has 2 amide bonds. The van der Waals surface area contributed by atoms with E-state index in [9.17, 15) is 9.59 Å². The predicted octanol–water partition coefficient (Wildman–Crippen LogP) is 3.49. The van der Waals surface area contributed by atoms with Gasteiger partial charge in [-0.2, -0.15) is 0 Å². The SMILES string of the molecule is Cc1cc(C(=O)NCC(=O)Nc2ccc(Cl)cc2)c2nc3n(c2n1)CCCCC3. The van der Waals surface area contributed by atoms with E-state index in [0.29, 0.717) is 21.8 Å². The first-order valence-electron chi connectivity index (χ1n) is 9.71. The standard InChI is InChI=1S/C21H22ClN5O2/c1-13-11-16(19-20(24-13)27-10-4-2-3-5-17(27)26-19)21(29)23-12-18(28)25-15-8-6-14(22)7-9-15/h6-9,11H,2-5,10,12H2,1H3,(H,23,29)(H,25,28). The number of aryl methyl sites for hydroxylation is 3. The van der Waals surface area contributed by atoms with Crippen molar-refractivity contribution in [2.45, 2.75) is 39.2 Å². The smallest absolute Gasteiger partial charge is 0.254 e. The maximum Gasteiger partial charge on any atom is 0.254 e. The number of aromatic nitrogens is 3. The van der Waals surface area contributed by atoms with Gasteiger partial charge in [-0.3, -0.25) is 9.59 Å². The average molecular weight is 412 g/mol. The van der Waals surface area contributed by atoms with Crippen LogP contribution in [0.15, 0.2) is 30.3 Å². The zero-order valence-corrected chi connectivity index (χ0v) is 16.9. The molecule has 0 atom stereocenters. The molecular formula is C21H22ClN5O2. The van der Waals surface area contributed by atoms with Crippen LogP contribution in [0.25, 0.3) is 11.2 Å². The molecule has 0 spiro atoms. The number of pyridine rings is 1. The van der Waals surface area contributed by atoms with Crippen LogP contribution in [-0.4, -0.2) is 32.9 Å². The summed E-state index contributed by atoms with van der Waals surface area (Å²) < 4.78 is 2.12. The Morgan fingerprint density at radius 3 is 2.72 bits per heavy atom. The summed E-state index contributed by atoms with van der Waals surface area (Å²) in [5.74, 6) is 0.327. The Bertz CT molecular complexity index is 1070. The number of benzene rings is 1. The molecule has 1 aliphatic rings. The Hall–Kier alpha value is -2.93. The molecule has 0 fully saturated rings. The zero-order chi connectivity index (χ0) is 20.4. The molecule has 0 saturated heterocycles. The second-order valence-electron chi connectivity index (χ2n) is 7.21. The number of hydrogen-bond donors (Lipinski definition) is 2. The normalized spacial score (nSPS) is 13.6. The lowest BCUT2D eigenvalue weighted by molar-refractivity contribution is -0.115. The fourth-order valence-electron chi connectivity index (χ4n) is 3.58. The van der Waals surface area contributed by atoms with E-state index >= 15 is 0 Å². The van der Waals surface area contributed by atoms with E-state index in [-0.39, 0.29) is 18.4 Å². The molecule has 4 rings (SSSR count). The maximum absolute atomic E-state index is 12.8. The molecule has 1 aliphatic heterocycles. The van der Waals surface area contributed by atoms with E-state index in [1.54, 1.807) is 30.3 Å². The lowest BCUT2D eigenvalue weighted by Gasteiger charge is -2.09. The van der Waals surface area contributed by atoms with Crippen LogP contribution in [0, 0.1) is 6.92 Å². The van der Waals surface area contributed by atoms with Crippen LogP contribution in [0.3, 0.4) is 0 Å². The number of hydrogen-bond acceptors (Lipinski definition) is 4. The van der Waals surface area contributed by atoms with Gasteiger partial charge in [0.2, 0.25) is 5.91 Å². The van der Waals surface area contributed by atoms with Crippen LogP contribution in [-0.2, 0) is 17.8 Å². The molecule has 0 aliphatic carbocycles. The van der Waals surface area contributed by atoms with E-state index < -0.39 is 0 Å². The molecule has 3 aromatic rings. The van der Waals surface area contributed by atoms with Gasteiger partial charge in [0.25, 0.3) is 5.91 Å². The van der Waals surface area contributed by atoms with Gasteiger partial charge in [0, 0.05) is 29.4 Å². The number of nitrogens with one attached hydrogen (secondary N) is 2. The van der Waals surface area contributed by atoms with Gasteiger partial charge < -0.3 is 15.2 Å². The fraction of sp³-hybridized carbons (Fsp3) is 0.333. The minimum absolute atomic E-state index is 0.141. The van der Waals surface area contributed by atoms with Crippen LogP contribution >= 0.6 is 11.6 Å². The van der Waals surface area contributed by atoms with Crippen LogP contribution in [0.1, 0.15) is 41.1 Å². The number of carbonyl (C=O) groups is 2. The van der Waals surface area contributed by atoms with E-state index in [4.69, 9.17) is 16.6 Å². The third kappa shape index (κ3) is 4.24. The van der Waals surface area contributed by atoms with Crippen molar-refractivity contribution in [3.8, 4) is 0 Å². The van der Waals surface area contributed by atoms with Crippen molar-refractivity contribution in [2.75, 3.05) is 11.9 Å². The molecule has 2 aromatic heterocycles. The third-order valence-electron chi connectivity index (χ3n) is 4.97. The largest absolute Gasteiger partial charge is 0.343 e. The minimum atomic E-state index is -0.333. The van der Waals surface area contributed by atoms with Crippen LogP contribution in [0.5, 0.6) is 0 Å². The number of carbonyl (C=O) groups excluding carboxylic acids is 2. The molecular weight excluding hydrogens is 390 g/mol. The molecule has 150 valence electrons. The zero-order valence-electron chi connectivity index (χ0n) is 16.2. The quantitative estimate of drug-likeness (QED) is 0.687. The molecule has 0 saturated carbocycles. The van der Waals surface area contributed by atoms with Gasteiger partial charge in [0.05, 0.1) is 12.1 Å². The van der Waals surface area contributed by atoms with E-state index in [2.05, 4.69) is 20.2 Å². The predicted molar refractivity (Wildman–Crippen MR) is 112 cm³/mol. The highest BCUT2D eigenvalue weighted by molar-refractivity contribution is 6.30. The summed E-state index contributed by atoms with van der Waals surface area (Å²) >= 11 is 5.84. The lowest BCUT2D eigenvalue weighted by atomic mass is 10.2. The van der Waals surface area contributed by atoms with Crippen molar-refractivity contribution in [1.82, 2.24) is 19.9 Å². The number of halogens is 1. The van der Waals surface area contributed by atoms with Gasteiger partial charge in [-0.15, -0.1) is 0 Å². The Balaban J connectivity index is 1.51. The summed E-state index contributed by atoms with van der Waals surface area (Å²) in [7, 11) is 0. The van der Waals surface area contributed by atoms with Gasteiger partial charge in [-0.25, -0.2) is 9.97 Å². The van der Waals surface area contributed by atoms with E-state index in [0.717, 1.165) is 43.0 Å². The molecule has 0 bridgehead atoms. The first-order valence-corrected chi connectivity index (χ1v) is 10.1. The summed E-state index contributed by atoms with van der Waals surface area (Å²) in [6.07, 6.45) is 4.24. The highest BCUT2D eigenvalue weighted by Crippen LogP contribution is 2.24. The van der Waals surface area contributed by atoms with Gasteiger partial charge >= 0.3 is 0 Å². The Morgan fingerprint density at radius 1 is 1.14 bits per heavy atom. The second kappa shape index (κ2) is 8.21. The summed E-state index contributed by atoms with van der Waals surface area (Å²) in [5.41, 5.74) is 3.17. The van der Waals surface area contributed by atoms with Crippen LogP contribution < -0.4 is 10.6 Å². The molecule has 7 nitrogen and oxygen atoms in total. The first kappa shape index (κ1) is 19.4. The van der Waals surface area contributed by atoms with Gasteiger partial charge in [-0.1, -0.05) is 18.0 Å². The number of rotatable bonds is 4.